The molecule has 0 bridgehead atoms. The SMILES string of the molecule is COC1CNCC1NC(=O)c1cncc(-c2cccc(C)c2)c1. The van der Waals surface area contributed by atoms with Crippen LogP contribution in [0.25, 0.3) is 11.1 Å². The molecule has 0 spiro atoms. The van der Waals surface area contributed by atoms with Crippen LogP contribution in [0, 0.1) is 6.92 Å². The predicted molar refractivity (Wildman–Crippen MR) is 89.3 cm³/mol. The first-order valence-electron chi connectivity index (χ1n) is 7.74. The summed E-state index contributed by atoms with van der Waals surface area (Å²) in [7, 11) is 1.66. The van der Waals surface area contributed by atoms with Crippen LogP contribution in [0.3, 0.4) is 0 Å². The molecule has 5 nitrogen and oxygen atoms in total. The van der Waals surface area contributed by atoms with Gasteiger partial charge in [0.25, 0.3) is 5.91 Å². The Labute approximate surface area is 136 Å². The molecule has 1 fully saturated rings. The van der Waals surface area contributed by atoms with Crippen molar-refractivity contribution in [1.82, 2.24) is 15.6 Å². The second-order valence-electron chi connectivity index (χ2n) is 5.84. The molecule has 0 radical (unpaired) electrons. The zero-order valence-corrected chi connectivity index (χ0v) is 13.4. The molecule has 5 heteroatoms. The number of aromatic nitrogens is 1. The Hall–Kier alpha value is -2.24. The average molecular weight is 311 g/mol. The van der Waals surface area contributed by atoms with Crippen LogP contribution in [-0.4, -0.2) is 43.2 Å². The van der Waals surface area contributed by atoms with E-state index in [0.29, 0.717) is 5.56 Å². The number of benzene rings is 1. The number of hydrogen-bond acceptors (Lipinski definition) is 4. The van der Waals surface area contributed by atoms with Crippen molar-refractivity contribution in [2.75, 3.05) is 20.2 Å². The van der Waals surface area contributed by atoms with Crippen LogP contribution in [0.1, 0.15) is 15.9 Å². The number of aryl methyl sites for hydroxylation is 1. The van der Waals surface area contributed by atoms with Gasteiger partial charge in [0, 0.05) is 38.2 Å². The number of ether oxygens (including phenoxy) is 1. The van der Waals surface area contributed by atoms with Gasteiger partial charge < -0.3 is 15.4 Å². The molecule has 1 aliphatic rings. The minimum Gasteiger partial charge on any atom is -0.378 e. The first kappa shape index (κ1) is 15.6. The van der Waals surface area contributed by atoms with Crippen LogP contribution < -0.4 is 10.6 Å². The van der Waals surface area contributed by atoms with Crippen molar-refractivity contribution < 1.29 is 9.53 Å². The van der Waals surface area contributed by atoms with Gasteiger partial charge in [-0.1, -0.05) is 29.8 Å². The van der Waals surface area contributed by atoms with Crippen LogP contribution in [0.2, 0.25) is 0 Å². The highest BCUT2D eigenvalue weighted by Crippen LogP contribution is 2.20. The van der Waals surface area contributed by atoms with Crippen molar-refractivity contribution in [2.45, 2.75) is 19.1 Å². The first-order chi connectivity index (χ1) is 11.2. The molecule has 0 saturated carbocycles. The second-order valence-corrected chi connectivity index (χ2v) is 5.84. The van der Waals surface area contributed by atoms with Crippen LogP contribution in [0.4, 0.5) is 0 Å². The maximum Gasteiger partial charge on any atom is 0.253 e. The van der Waals surface area contributed by atoms with E-state index in [9.17, 15) is 4.79 Å². The lowest BCUT2D eigenvalue weighted by molar-refractivity contribution is 0.0779. The fourth-order valence-corrected chi connectivity index (χ4v) is 2.84. The Kier molecular flexibility index (Phi) is 4.69. The van der Waals surface area contributed by atoms with E-state index in [1.165, 1.54) is 5.56 Å². The van der Waals surface area contributed by atoms with Crippen LogP contribution >= 0.6 is 0 Å². The molecule has 2 N–H and O–H groups in total. The molecule has 2 unspecified atom stereocenters. The van der Waals surface area contributed by atoms with E-state index in [0.717, 1.165) is 24.2 Å². The Morgan fingerprint density at radius 1 is 1.26 bits per heavy atom. The topological polar surface area (TPSA) is 63.2 Å². The Bertz CT molecular complexity index is 702. The summed E-state index contributed by atoms with van der Waals surface area (Å²) in [6, 6.07) is 10.0. The third-order valence-electron chi connectivity index (χ3n) is 4.13. The van der Waals surface area contributed by atoms with Gasteiger partial charge in [0.15, 0.2) is 0 Å². The summed E-state index contributed by atoms with van der Waals surface area (Å²) in [5.41, 5.74) is 3.74. The molecular weight excluding hydrogens is 290 g/mol. The van der Waals surface area contributed by atoms with Crippen LogP contribution in [0.5, 0.6) is 0 Å². The van der Waals surface area contributed by atoms with Crippen LogP contribution in [-0.2, 0) is 4.74 Å². The number of rotatable bonds is 4. The van der Waals surface area contributed by atoms with E-state index < -0.39 is 0 Å². The van der Waals surface area contributed by atoms with Gasteiger partial charge in [-0.2, -0.15) is 0 Å². The van der Waals surface area contributed by atoms with Gasteiger partial charge in [0.05, 0.1) is 17.7 Å². The van der Waals surface area contributed by atoms with Gasteiger partial charge in [0.1, 0.15) is 0 Å². The third kappa shape index (κ3) is 3.57. The lowest BCUT2D eigenvalue weighted by atomic mass is 10.0. The average Bonchev–Trinajstić information content (AvgIpc) is 3.02. The Balaban J connectivity index is 1.78. The molecule has 3 rings (SSSR count). The van der Waals surface area contributed by atoms with E-state index in [4.69, 9.17) is 4.74 Å². The van der Waals surface area contributed by atoms with Gasteiger partial charge in [-0.3, -0.25) is 9.78 Å². The lowest BCUT2D eigenvalue weighted by Gasteiger charge is -2.18. The number of methoxy groups -OCH3 is 1. The minimum atomic E-state index is -0.122. The van der Waals surface area contributed by atoms with E-state index in [-0.39, 0.29) is 18.1 Å². The highest BCUT2D eigenvalue weighted by molar-refractivity contribution is 5.95. The molecule has 1 amide bonds. The van der Waals surface area contributed by atoms with Gasteiger partial charge >= 0.3 is 0 Å². The van der Waals surface area contributed by atoms with Gasteiger partial charge in [-0.05, 0) is 18.6 Å². The Morgan fingerprint density at radius 2 is 2.13 bits per heavy atom. The highest BCUT2D eigenvalue weighted by atomic mass is 16.5. The largest absolute Gasteiger partial charge is 0.378 e. The highest BCUT2D eigenvalue weighted by Gasteiger charge is 2.28. The molecule has 1 aromatic carbocycles. The quantitative estimate of drug-likeness (QED) is 0.903. The monoisotopic (exact) mass is 311 g/mol. The maximum absolute atomic E-state index is 12.5. The Morgan fingerprint density at radius 3 is 2.91 bits per heavy atom. The molecule has 2 aromatic rings. The smallest absolute Gasteiger partial charge is 0.253 e. The second kappa shape index (κ2) is 6.89. The predicted octanol–water partition coefficient (Wildman–Crippen LogP) is 1.77. The molecule has 120 valence electrons. The zero-order chi connectivity index (χ0) is 16.2. The van der Waals surface area contributed by atoms with Crippen molar-refractivity contribution in [3.8, 4) is 11.1 Å². The summed E-state index contributed by atoms with van der Waals surface area (Å²) < 4.78 is 5.37. The van der Waals surface area contributed by atoms with Crippen molar-refractivity contribution in [3.63, 3.8) is 0 Å². The van der Waals surface area contributed by atoms with E-state index in [1.54, 1.807) is 19.5 Å². The zero-order valence-electron chi connectivity index (χ0n) is 13.4. The summed E-state index contributed by atoms with van der Waals surface area (Å²) in [4.78, 5) is 16.7. The molecule has 1 aliphatic heterocycles. The molecular formula is C18H21N3O2. The van der Waals surface area contributed by atoms with Crippen molar-refractivity contribution >= 4 is 5.91 Å². The van der Waals surface area contributed by atoms with Gasteiger partial charge in [-0.25, -0.2) is 0 Å². The number of pyridine rings is 1. The maximum atomic E-state index is 12.5. The standard InChI is InChI=1S/C18H21N3O2/c1-12-4-3-5-13(6-12)14-7-15(9-19-8-14)18(22)21-16-10-20-11-17(16)23-2/h3-9,16-17,20H,10-11H2,1-2H3,(H,21,22). The normalized spacial score (nSPS) is 20.4. The fraction of sp³-hybridized carbons (Fsp3) is 0.333. The number of nitrogens with one attached hydrogen (secondary N) is 2. The van der Waals surface area contributed by atoms with E-state index in [1.807, 2.05) is 31.2 Å². The fourth-order valence-electron chi connectivity index (χ4n) is 2.84. The molecule has 1 aromatic heterocycles. The summed E-state index contributed by atoms with van der Waals surface area (Å²) in [6.07, 6.45) is 3.38. The number of carbonyl (C=O) groups is 1. The summed E-state index contributed by atoms with van der Waals surface area (Å²) in [5.74, 6) is -0.122. The number of amides is 1. The lowest BCUT2D eigenvalue weighted by Crippen LogP contribution is -2.43. The summed E-state index contributed by atoms with van der Waals surface area (Å²) in [5, 5.41) is 6.24. The molecule has 2 atom stereocenters. The van der Waals surface area contributed by atoms with E-state index >= 15 is 0 Å². The molecule has 1 saturated heterocycles. The number of hydrogen-bond donors (Lipinski definition) is 2. The number of nitrogens with zero attached hydrogens (tertiary/aromatic N) is 1. The van der Waals surface area contributed by atoms with Crippen molar-refractivity contribution in [1.29, 1.82) is 0 Å². The summed E-state index contributed by atoms with van der Waals surface area (Å²) in [6.45, 7) is 3.52. The van der Waals surface area contributed by atoms with Crippen molar-refractivity contribution in [2.24, 2.45) is 0 Å². The van der Waals surface area contributed by atoms with Crippen LogP contribution in [0.15, 0.2) is 42.7 Å². The molecule has 0 aliphatic carbocycles. The van der Waals surface area contributed by atoms with Crippen molar-refractivity contribution in [3.05, 3.63) is 53.9 Å². The van der Waals surface area contributed by atoms with Gasteiger partial charge in [-0.15, -0.1) is 0 Å². The number of carbonyl (C=O) groups excluding carboxylic acids is 1. The third-order valence-corrected chi connectivity index (χ3v) is 4.13. The molecule has 23 heavy (non-hydrogen) atoms. The van der Waals surface area contributed by atoms with Gasteiger partial charge in [0.2, 0.25) is 0 Å². The summed E-state index contributed by atoms with van der Waals surface area (Å²) >= 11 is 0. The first-order valence-corrected chi connectivity index (χ1v) is 7.74. The van der Waals surface area contributed by atoms with E-state index in [2.05, 4.69) is 21.7 Å². The minimum absolute atomic E-state index is 0.00636. The molecule has 2 heterocycles.